The Bertz CT molecular complexity index is 4000. The summed E-state index contributed by atoms with van der Waals surface area (Å²) in [4.78, 5) is 35.7. The fourth-order valence-electron chi connectivity index (χ4n) is 9.89. The van der Waals surface area contributed by atoms with E-state index in [1.54, 1.807) is 0 Å². The Kier molecular flexibility index (Phi) is 11.5. The van der Waals surface area contributed by atoms with E-state index in [4.69, 9.17) is 34.9 Å². The van der Waals surface area contributed by atoms with Crippen LogP contribution in [0.4, 0.5) is 0 Å². The van der Waals surface area contributed by atoms with Gasteiger partial charge in [0.05, 0.1) is 16.7 Å². The van der Waals surface area contributed by atoms with Crippen molar-refractivity contribution in [2.75, 3.05) is 0 Å². The topological polar surface area (TPSA) is 95.2 Å². The van der Waals surface area contributed by atoms with Crippen molar-refractivity contribution in [2.45, 2.75) is 13.8 Å². The summed E-state index contributed by atoms with van der Waals surface area (Å²) in [5.74, 6) is 3.32. The molecular formula is C67H46N8. The zero-order chi connectivity index (χ0) is 50.2. The van der Waals surface area contributed by atoms with Gasteiger partial charge in [-0.1, -0.05) is 193 Å². The molecule has 0 atom stereocenters. The third-order valence-electron chi connectivity index (χ3n) is 13.8. The number of hydrogen-bond donors (Lipinski definition) is 0. The highest BCUT2D eigenvalue weighted by Gasteiger charge is 2.23. The summed E-state index contributed by atoms with van der Waals surface area (Å²) in [5.41, 5.74) is 17.0. The van der Waals surface area contributed by atoms with Gasteiger partial charge in [0.1, 0.15) is 0 Å². The lowest BCUT2D eigenvalue weighted by molar-refractivity contribution is 1.07. The van der Waals surface area contributed by atoms with E-state index >= 15 is 0 Å². The van der Waals surface area contributed by atoms with Gasteiger partial charge in [0.2, 0.25) is 0 Å². The molecule has 0 spiro atoms. The Labute approximate surface area is 434 Å². The summed E-state index contributed by atoms with van der Waals surface area (Å²) in [6.45, 7) is 4.25. The van der Waals surface area contributed by atoms with E-state index < -0.39 is 0 Å². The quantitative estimate of drug-likeness (QED) is 0.135. The molecule has 8 nitrogen and oxygen atoms in total. The van der Waals surface area contributed by atoms with Crippen LogP contribution in [0.1, 0.15) is 11.1 Å². The van der Waals surface area contributed by atoms with Crippen LogP contribution in [-0.2, 0) is 0 Å². The van der Waals surface area contributed by atoms with Gasteiger partial charge in [0.15, 0.2) is 34.9 Å². The Morgan fingerprint density at radius 3 is 1.08 bits per heavy atom. The van der Waals surface area contributed by atoms with Crippen molar-refractivity contribution >= 4 is 21.8 Å². The Morgan fingerprint density at radius 1 is 0.280 bits per heavy atom. The number of fused-ring (bicyclic) bond motifs is 3. The van der Waals surface area contributed by atoms with Crippen LogP contribution < -0.4 is 0 Å². The maximum atomic E-state index is 5.23. The van der Waals surface area contributed by atoms with Gasteiger partial charge < -0.3 is 4.57 Å². The molecule has 4 aromatic heterocycles. The molecule has 0 N–H and O–H groups in total. The molecule has 0 aliphatic heterocycles. The number of aryl methyl sites for hydroxylation is 2. The van der Waals surface area contributed by atoms with Gasteiger partial charge in [-0.2, -0.15) is 0 Å². The molecule has 8 heteroatoms. The highest BCUT2D eigenvalue weighted by molar-refractivity contribution is 6.12. The SMILES string of the molecule is Cc1ccc(-c2ccc3c(c2)c2cc(-c4ccc(C)cc4)ccc2n3-c2ccc(-c3nc(-c4ccccc4)nc(-c4ccccc4)n3)cc2-c2ccncc2-c2nc(-c3ccccc3)nc(-c3ccccc3)n2)cc1. The van der Waals surface area contributed by atoms with Crippen LogP contribution in [0, 0.1) is 13.8 Å². The Balaban J connectivity index is 1.09. The largest absolute Gasteiger partial charge is 0.309 e. The van der Waals surface area contributed by atoms with Crippen LogP contribution in [0.2, 0.25) is 0 Å². The molecule has 0 saturated heterocycles. The lowest BCUT2D eigenvalue weighted by Crippen LogP contribution is -2.04. The fraction of sp³-hybridized carbons (Fsp3) is 0.0299. The summed E-state index contributed by atoms with van der Waals surface area (Å²) in [7, 11) is 0. The Hall–Kier alpha value is -10.1. The molecule has 9 aromatic carbocycles. The van der Waals surface area contributed by atoms with Gasteiger partial charge in [-0.25, -0.2) is 29.9 Å². The first-order valence-electron chi connectivity index (χ1n) is 25.0. The number of benzene rings is 9. The minimum absolute atomic E-state index is 0.493. The molecule has 0 saturated carbocycles. The molecule has 0 amide bonds. The van der Waals surface area contributed by atoms with Crippen LogP contribution in [0.5, 0.6) is 0 Å². The summed E-state index contributed by atoms with van der Waals surface area (Å²) in [5, 5.41) is 2.27. The summed E-state index contributed by atoms with van der Waals surface area (Å²) in [6, 6.07) is 80.0. The van der Waals surface area contributed by atoms with Crippen LogP contribution >= 0.6 is 0 Å². The van der Waals surface area contributed by atoms with Gasteiger partial charge in [-0.15, -0.1) is 0 Å². The standard InChI is InChI=1S/C67H46N8/c1-43-23-27-45(28-24-43)51-31-34-60-56(39-51)57-40-52(46-29-25-44(2)26-30-46)32-35-61(57)75(60)59-36-33-53(66-71-62(47-15-7-3-8-16-47)69-63(72-66)48-17-9-4-10-18-48)41-55(59)54-37-38-68-42-58(54)67-73-64(49-19-11-5-12-20-49)70-65(74-67)50-21-13-6-14-22-50/h3-42H,1-2H3. The van der Waals surface area contributed by atoms with Gasteiger partial charge in [0.25, 0.3) is 0 Å². The average Bonchev–Trinajstić information content (AvgIpc) is 3.84. The van der Waals surface area contributed by atoms with Gasteiger partial charge in [0, 0.05) is 62.1 Å². The number of nitrogens with zero attached hydrogens (tertiary/aromatic N) is 8. The van der Waals surface area contributed by atoms with E-state index in [-0.39, 0.29) is 0 Å². The van der Waals surface area contributed by atoms with Crippen molar-refractivity contribution in [2.24, 2.45) is 0 Å². The van der Waals surface area contributed by atoms with E-state index in [0.717, 1.165) is 94.3 Å². The van der Waals surface area contributed by atoms with E-state index in [0.29, 0.717) is 34.9 Å². The van der Waals surface area contributed by atoms with Gasteiger partial charge >= 0.3 is 0 Å². The Morgan fingerprint density at radius 2 is 0.653 bits per heavy atom. The zero-order valence-electron chi connectivity index (χ0n) is 41.2. The first-order chi connectivity index (χ1) is 37.0. The summed E-state index contributed by atoms with van der Waals surface area (Å²) in [6.07, 6.45) is 3.70. The maximum absolute atomic E-state index is 5.23. The normalized spacial score (nSPS) is 11.3. The van der Waals surface area contributed by atoms with Crippen molar-refractivity contribution in [3.8, 4) is 107 Å². The van der Waals surface area contributed by atoms with Crippen molar-refractivity contribution in [3.63, 3.8) is 0 Å². The second-order valence-electron chi connectivity index (χ2n) is 18.8. The lowest BCUT2D eigenvalue weighted by Gasteiger charge is -2.18. The lowest BCUT2D eigenvalue weighted by atomic mass is 9.96. The number of pyridine rings is 1. The van der Waals surface area contributed by atoms with Crippen molar-refractivity contribution in [1.29, 1.82) is 0 Å². The second-order valence-corrected chi connectivity index (χ2v) is 18.8. The first kappa shape index (κ1) is 44.9. The minimum Gasteiger partial charge on any atom is -0.309 e. The second kappa shape index (κ2) is 19.2. The van der Waals surface area contributed by atoms with Gasteiger partial charge in [-0.05, 0) is 90.2 Å². The minimum atomic E-state index is 0.493. The highest BCUT2D eigenvalue weighted by Crippen LogP contribution is 2.43. The maximum Gasteiger partial charge on any atom is 0.166 e. The van der Waals surface area contributed by atoms with Gasteiger partial charge in [-0.3, -0.25) is 4.98 Å². The van der Waals surface area contributed by atoms with Crippen LogP contribution in [-0.4, -0.2) is 39.5 Å². The van der Waals surface area contributed by atoms with E-state index in [1.807, 2.05) is 134 Å². The molecule has 75 heavy (non-hydrogen) atoms. The van der Waals surface area contributed by atoms with Crippen LogP contribution in [0.3, 0.4) is 0 Å². The monoisotopic (exact) mass is 962 g/mol. The van der Waals surface area contributed by atoms with Crippen molar-refractivity contribution in [3.05, 3.63) is 254 Å². The summed E-state index contributed by atoms with van der Waals surface area (Å²) < 4.78 is 2.39. The summed E-state index contributed by atoms with van der Waals surface area (Å²) >= 11 is 0. The molecule has 0 unspecified atom stereocenters. The first-order valence-corrected chi connectivity index (χ1v) is 25.0. The smallest absolute Gasteiger partial charge is 0.166 e. The fourth-order valence-corrected chi connectivity index (χ4v) is 9.89. The molecule has 0 aliphatic carbocycles. The molecule has 13 rings (SSSR count). The van der Waals surface area contributed by atoms with E-state index in [2.05, 4.69) is 128 Å². The number of hydrogen-bond acceptors (Lipinski definition) is 7. The molecule has 0 fully saturated rings. The molecule has 0 aliphatic rings. The predicted molar refractivity (Wildman–Crippen MR) is 304 cm³/mol. The molecular weight excluding hydrogens is 917 g/mol. The highest BCUT2D eigenvalue weighted by atomic mass is 15.0. The van der Waals surface area contributed by atoms with E-state index in [1.165, 1.54) is 11.1 Å². The molecule has 13 aromatic rings. The predicted octanol–water partition coefficient (Wildman–Crippen LogP) is 16.2. The molecule has 0 radical (unpaired) electrons. The molecule has 0 bridgehead atoms. The zero-order valence-corrected chi connectivity index (χ0v) is 41.2. The van der Waals surface area contributed by atoms with Crippen molar-refractivity contribution < 1.29 is 0 Å². The van der Waals surface area contributed by atoms with Crippen LogP contribution in [0.15, 0.2) is 243 Å². The van der Waals surface area contributed by atoms with Crippen molar-refractivity contribution in [1.82, 2.24) is 39.5 Å². The van der Waals surface area contributed by atoms with Crippen LogP contribution in [0.25, 0.3) is 129 Å². The third kappa shape index (κ3) is 8.70. The average molecular weight is 963 g/mol. The van der Waals surface area contributed by atoms with E-state index in [9.17, 15) is 0 Å². The molecule has 4 heterocycles. The number of aromatic nitrogens is 8. The third-order valence-corrected chi connectivity index (χ3v) is 13.8. The number of rotatable bonds is 10. The molecule has 354 valence electrons.